The normalized spacial score (nSPS) is 12.4. The maximum Gasteiger partial charge on any atom is 0.142 e. The highest BCUT2D eigenvalue weighted by molar-refractivity contribution is 7.99. The Kier molecular flexibility index (Phi) is 5.46. The van der Waals surface area contributed by atoms with Crippen LogP contribution in [0.5, 0.6) is 0 Å². The molecule has 2 aromatic carbocycles. The number of hydrogen-bond donors (Lipinski definition) is 1. The monoisotopic (exact) mass is 309 g/mol. The lowest BCUT2D eigenvalue weighted by molar-refractivity contribution is 0.623. The molecule has 20 heavy (non-hydrogen) atoms. The molecule has 0 amide bonds. The molecule has 4 heteroatoms. The summed E-state index contributed by atoms with van der Waals surface area (Å²) in [4.78, 5) is 1.24. The van der Waals surface area contributed by atoms with Crippen LogP contribution in [0.15, 0.2) is 47.4 Å². The highest BCUT2D eigenvalue weighted by Gasteiger charge is 2.08. The molecule has 1 unspecified atom stereocenters. The Labute approximate surface area is 128 Å². The van der Waals surface area contributed by atoms with E-state index >= 15 is 0 Å². The van der Waals surface area contributed by atoms with E-state index in [4.69, 9.17) is 17.3 Å². The average Bonchev–Trinajstić information content (AvgIpc) is 2.42. The van der Waals surface area contributed by atoms with Gasteiger partial charge in [-0.1, -0.05) is 35.9 Å². The third-order valence-electron chi connectivity index (χ3n) is 3.03. The molecule has 0 radical (unpaired) electrons. The highest BCUT2D eigenvalue weighted by Crippen LogP contribution is 2.23. The summed E-state index contributed by atoms with van der Waals surface area (Å²) in [6, 6.07) is 13.1. The van der Waals surface area contributed by atoms with E-state index in [1.165, 1.54) is 16.5 Å². The van der Waals surface area contributed by atoms with Crippen LogP contribution in [0.3, 0.4) is 0 Å². The molecule has 2 rings (SSSR count). The van der Waals surface area contributed by atoms with Crippen LogP contribution in [0.1, 0.15) is 11.1 Å². The summed E-state index contributed by atoms with van der Waals surface area (Å²) in [7, 11) is 0. The van der Waals surface area contributed by atoms with Crippen molar-refractivity contribution in [1.82, 2.24) is 0 Å². The van der Waals surface area contributed by atoms with Crippen LogP contribution in [-0.4, -0.2) is 11.8 Å². The van der Waals surface area contributed by atoms with Crippen LogP contribution in [0, 0.1) is 12.7 Å². The molecule has 0 saturated heterocycles. The molecule has 0 aliphatic rings. The summed E-state index contributed by atoms with van der Waals surface area (Å²) < 4.78 is 13.4. The molecule has 0 spiro atoms. The van der Waals surface area contributed by atoms with Crippen molar-refractivity contribution in [2.45, 2.75) is 24.3 Å². The molecule has 2 aromatic rings. The van der Waals surface area contributed by atoms with E-state index in [2.05, 4.69) is 19.1 Å². The summed E-state index contributed by atoms with van der Waals surface area (Å²) in [5, 5.41) is 0.150. The Morgan fingerprint density at radius 1 is 1.25 bits per heavy atom. The van der Waals surface area contributed by atoms with Crippen LogP contribution in [0.25, 0.3) is 0 Å². The van der Waals surface area contributed by atoms with Gasteiger partial charge in [0.1, 0.15) is 5.82 Å². The van der Waals surface area contributed by atoms with Gasteiger partial charge in [0, 0.05) is 16.7 Å². The second kappa shape index (κ2) is 7.11. The Morgan fingerprint density at radius 2 is 2.00 bits per heavy atom. The molecular weight excluding hydrogens is 293 g/mol. The fourth-order valence-electron chi connectivity index (χ4n) is 1.94. The van der Waals surface area contributed by atoms with Gasteiger partial charge < -0.3 is 5.73 Å². The highest BCUT2D eigenvalue weighted by atomic mass is 35.5. The molecule has 0 fully saturated rings. The summed E-state index contributed by atoms with van der Waals surface area (Å²) in [6.45, 7) is 2.09. The van der Waals surface area contributed by atoms with Crippen molar-refractivity contribution < 1.29 is 4.39 Å². The van der Waals surface area contributed by atoms with E-state index < -0.39 is 0 Å². The van der Waals surface area contributed by atoms with E-state index in [0.717, 1.165) is 11.3 Å². The van der Waals surface area contributed by atoms with E-state index in [-0.39, 0.29) is 16.9 Å². The van der Waals surface area contributed by atoms with Gasteiger partial charge in [-0.05, 0) is 42.7 Å². The van der Waals surface area contributed by atoms with Crippen molar-refractivity contribution in [3.8, 4) is 0 Å². The number of aryl methyl sites for hydroxylation is 1. The van der Waals surface area contributed by atoms with Gasteiger partial charge in [-0.25, -0.2) is 4.39 Å². The minimum Gasteiger partial charge on any atom is -0.327 e. The molecule has 1 nitrogen and oxygen atoms in total. The fraction of sp³-hybridized carbons (Fsp3) is 0.250. The summed E-state index contributed by atoms with van der Waals surface area (Å²) in [5.74, 6) is 0.415. The molecule has 106 valence electrons. The zero-order chi connectivity index (χ0) is 14.5. The number of nitrogens with two attached hydrogens (primary N) is 1. The molecule has 1 atom stereocenters. The van der Waals surface area contributed by atoms with E-state index in [0.29, 0.717) is 6.42 Å². The Balaban J connectivity index is 1.91. The number of halogens is 2. The number of benzene rings is 2. The van der Waals surface area contributed by atoms with Crippen LogP contribution < -0.4 is 5.73 Å². The van der Waals surface area contributed by atoms with E-state index in [1.54, 1.807) is 17.8 Å². The molecule has 0 heterocycles. The largest absolute Gasteiger partial charge is 0.327 e. The first-order valence-corrected chi connectivity index (χ1v) is 7.80. The Bertz CT molecular complexity index is 588. The van der Waals surface area contributed by atoms with Gasteiger partial charge in [-0.3, -0.25) is 0 Å². The maximum atomic E-state index is 13.4. The van der Waals surface area contributed by atoms with Crippen LogP contribution in [0.2, 0.25) is 5.02 Å². The standard InChI is InChI=1S/C16H17ClFNS/c1-11-4-2-3-5-16(11)20-10-13(19)8-12-6-7-14(17)15(18)9-12/h2-7,9,13H,8,10,19H2,1H3. The molecule has 2 N–H and O–H groups in total. The molecular formula is C16H17ClFNS. The second-order valence-corrected chi connectivity index (χ2v) is 6.26. The van der Waals surface area contributed by atoms with Crippen LogP contribution in [0.4, 0.5) is 4.39 Å². The number of thioether (sulfide) groups is 1. The van der Waals surface area contributed by atoms with Crippen LogP contribution >= 0.6 is 23.4 Å². The number of rotatable bonds is 5. The molecule has 0 bridgehead atoms. The maximum absolute atomic E-state index is 13.4. The van der Waals surface area contributed by atoms with Gasteiger partial charge in [0.2, 0.25) is 0 Å². The van der Waals surface area contributed by atoms with Crippen molar-refractivity contribution in [2.24, 2.45) is 5.73 Å². The first-order valence-electron chi connectivity index (χ1n) is 6.44. The van der Waals surface area contributed by atoms with Crippen molar-refractivity contribution >= 4 is 23.4 Å². The predicted octanol–water partition coefficient (Wildman–Crippen LogP) is 4.45. The minimum atomic E-state index is -0.386. The average molecular weight is 310 g/mol. The van der Waals surface area contributed by atoms with Gasteiger partial charge in [-0.2, -0.15) is 0 Å². The van der Waals surface area contributed by atoms with E-state index in [1.807, 2.05) is 18.2 Å². The molecule has 0 saturated carbocycles. The first kappa shape index (κ1) is 15.4. The molecule has 0 aliphatic carbocycles. The van der Waals surface area contributed by atoms with Crippen LogP contribution in [-0.2, 0) is 6.42 Å². The topological polar surface area (TPSA) is 26.0 Å². The predicted molar refractivity (Wildman–Crippen MR) is 85.0 cm³/mol. The minimum absolute atomic E-state index is 0.0137. The quantitative estimate of drug-likeness (QED) is 0.826. The van der Waals surface area contributed by atoms with Crippen molar-refractivity contribution in [3.63, 3.8) is 0 Å². The SMILES string of the molecule is Cc1ccccc1SCC(N)Cc1ccc(Cl)c(F)c1. The zero-order valence-electron chi connectivity index (χ0n) is 11.3. The zero-order valence-corrected chi connectivity index (χ0v) is 12.8. The van der Waals surface area contributed by atoms with Crippen molar-refractivity contribution in [2.75, 3.05) is 5.75 Å². The third kappa shape index (κ3) is 4.23. The summed E-state index contributed by atoms with van der Waals surface area (Å²) in [6.07, 6.45) is 0.646. The summed E-state index contributed by atoms with van der Waals surface area (Å²) in [5.41, 5.74) is 8.25. The van der Waals surface area contributed by atoms with Gasteiger partial charge in [0.05, 0.1) is 5.02 Å². The fourth-order valence-corrected chi connectivity index (χ4v) is 3.04. The lowest BCUT2D eigenvalue weighted by atomic mass is 10.1. The van der Waals surface area contributed by atoms with Gasteiger partial charge >= 0.3 is 0 Å². The Hall–Kier alpha value is -1.03. The van der Waals surface area contributed by atoms with Gasteiger partial charge in [0.15, 0.2) is 0 Å². The lowest BCUT2D eigenvalue weighted by Gasteiger charge is -2.12. The van der Waals surface area contributed by atoms with Gasteiger partial charge in [0.25, 0.3) is 0 Å². The summed E-state index contributed by atoms with van der Waals surface area (Å²) >= 11 is 7.40. The second-order valence-electron chi connectivity index (χ2n) is 4.79. The van der Waals surface area contributed by atoms with Gasteiger partial charge in [-0.15, -0.1) is 11.8 Å². The lowest BCUT2D eigenvalue weighted by Crippen LogP contribution is -2.25. The smallest absolute Gasteiger partial charge is 0.142 e. The van der Waals surface area contributed by atoms with E-state index in [9.17, 15) is 4.39 Å². The van der Waals surface area contributed by atoms with Crippen molar-refractivity contribution in [1.29, 1.82) is 0 Å². The third-order valence-corrected chi connectivity index (χ3v) is 4.70. The molecule has 0 aromatic heterocycles. The number of hydrogen-bond acceptors (Lipinski definition) is 2. The first-order chi connectivity index (χ1) is 9.56. The van der Waals surface area contributed by atoms with Crippen molar-refractivity contribution in [3.05, 3.63) is 64.4 Å². The Morgan fingerprint density at radius 3 is 2.70 bits per heavy atom. The molecule has 0 aliphatic heterocycles.